The van der Waals surface area contributed by atoms with E-state index in [2.05, 4.69) is 0 Å². The molecule has 0 radical (unpaired) electrons. The third kappa shape index (κ3) is 3.13. The molecule has 0 saturated heterocycles. The summed E-state index contributed by atoms with van der Waals surface area (Å²) < 4.78 is 18.4. The van der Waals surface area contributed by atoms with Crippen LogP contribution in [-0.4, -0.2) is 24.4 Å². The van der Waals surface area contributed by atoms with E-state index in [-0.39, 0.29) is 18.7 Å². The summed E-state index contributed by atoms with van der Waals surface area (Å²) in [7, 11) is 1.50. The molecular formula is C11H13FO3S. The number of halogens is 1. The zero-order chi connectivity index (χ0) is 12.1. The molecule has 88 valence electrons. The van der Waals surface area contributed by atoms with Crippen molar-refractivity contribution >= 4 is 17.7 Å². The number of aliphatic carboxylic acids is 1. The maximum Gasteiger partial charge on any atom is 0.303 e. The second kappa shape index (κ2) is 5.75. The van der Waals surface area contributed by atoms with E-state index in [9.17, 15) is 9.18 Å². The number of carboxylic acids is 1. The number of carboxylic acid groups (broad SMARTS) is 1. The molecule has 0 unspecified atom stereocenters. The van der Waals surface area contributed by atoms with Gasteiger partial charge in [-0.15, -0.1) is 11.8 Å². The highest BCUT2D eigenvalue weighted by molar-refractivity contribution is 7.98. The topological polar surface area (TPSA) is 46.5 Å². The summed E-state index contributed by atoms with van der Waals surface area (Å²) in [6.07, 6.45) is 2.05. The fourth-order valence-corrected chi connectivity index (χ4v) is 2.06. The minimum absolute atomic E-state index is 0.0341. The van der Waals surface area contributed by atoms with Crippen LogP contribution in [0, 0.1) is 5.82 Å². The molecule has 0 spiro atoms. The molecule has 0 fully saturated rings. The molecule has 5 heteroatoms. The molecule has 0 aliphatic rings. The van der Waals surface area contributed by atoms with Crippen molar-refractivity contribution in [3.8, 4) is 5.75 Å². The molecule has 0 aliphatic carbocycles. The zero-order valence-electron chi connectivity index (χ0n) is 9.12. The van der Waals surface area contributed by atoms with Crippen molar-refractivity contribution in [2.45, 2.75) is 17.7 Å². The van der Waals surface area contributed by atoms with Crippen LogP contribution in [0.15, 0.2) is 17.0 Å². The van der Waals surface area contributed by atoms with Gasteiger partial charge in [-0.1, -0.05) is 0 Å². The normalized spacial score (nSPS) is 10.2. The average molecular weight is 244 g/mol. The Morgan fingerprint density at radius 1 is 1.56 bits per heavy atom. The van der Waals surface area contributed by atoms with Crippen LogP contribution in [0.1, 0.15) is 12.0 Å². The van der Waals surface area contributed by atoms with Gasteiger partial charge in [0.15, 0.2) is 0 Å². The molecule has 16 heavy (non-hydrogen) atoms. The Kier molecular flexibility index (Phi) is 4.61. The van der Waals surface area contributed by atoms with Gasteiger partial charge in [-0.2, -0.15) is 0 Å². The second-order valence-electron chi connectivity index (χ2n) is 3.19. The van der Waals surface area contributed by atoms with Gasteiger partial charge in [0.1, 0.15) is 11.6 Å². The number of rotatable bonds is 5. The number of hydrogen-bond donors (Lipinski definition) is 1. The Bertz CT molecular complexity index is 393. The molecule has 1 aromatic rings. The van der Waals surface area contributed by atoms with Crippen LogP contribution in [0.5, 0.6) is 5.75 Å². The van der Waals surface area contributed by atoms with Gasteiger partial charge in [-0.3, -0.25) is 4.79 Å². The summed E-state index contributed by atoms with van der Waals surface area (Å²) in [5.74, 6) is -0.710. The lowest BCUT2D eigenvalue weighted by atomic mass is 10.1. The van der Waals surface area contributed by atoms with Crippen molar-refractivity contribution < 1.29 is 19.0 Å². The monoisotopic (exact) mass is 244 g/mol. The van der Waals surface area contributed by atoms with E-state index in [1.165, 1.54) is 31.0 Å². The Hall–Kier alpha value is -1.23. The van der Waals surface area contributed by atoms with Crippen molar-refractivity contribution in [3.05, 3.63) is 23.5 Å². The van der Waals surface area contributed by atoms with E-state index in [4.69, 9.17) is 9.84 Å². The maximum absolute atomic E-state index is 13.2. The molecule has 1 N–H and O–H groups in total. The lowest BCUT2D eigenvalue weighted by Gasteiger charge is -2.11. The minimum atomic E-state index is -0.906. The lowest BCUT2D eigenvalue weighted by Crippen LogP contribution is -2.01. The number of aryl methyl sites for hydroxylation is 1. The molecule has 1 rings (SSSR count). The summed E-state index contributed by atoms with van der Waals surface area (Å²) in [5.41, 5.74) is 0.592. The third-order valence-electron chi connectivity index (χ3n) is 2.13. The first-order valence-electron chi connectivity index (χ1n) is 4.70. The molecule has 0 aromatic heterocycles. The number of methoxy groups -OCH3 is 1. The van der Waals surface area contributed by atoms with Crippen molar-refractivity contribution in [1.82, 2.24) is 0 Å². The highest BCUT2D eigenvalue weighted by Crippen LogP contribution is 2.32. The van der Waals surface area contributed by atoms with Crippen LogP contribution in [0.25, 0.3) is 0 Å². The van der Waals surface area contributed by atoms with E-state index in [1.54, 1.807) is 0 Å². The number of thioether (sulfide) groups is 1. The van der Waals surface area contributed by atoms with Gasteiger partial charge in [0.05, 0.1) is 12.0 Å². The van der Waals surface area contributed by atoms with Gasteiger partial charge in [0.2, 0.25) is 0 Å². The zero-order valence-corrected chi connectivity index (χ0v) is 9.94. The van der Waals surface area contributed by atoms with E-state index >= 15 is 0 Å². The SMILES string of the molecule is COc1c(CCC(=O)O)cc(F)cc1SC. The molecular weight excluding hydrogens is 231 g/mol. The van der Waals surface area contributed by atoms with E-state index < -0.39 is 5.97 Å². The molecule has 0 amide bonds. The first-order valence-corrected chi connectivity index (χ1v) is 5.93. The summed E-state index contributed by atoms with van der Waals surface area (Å²) in [6, 6.07) is 2.70. The Labute approximate surface area is 97.6 Å². The van der Waals surface area contributed by atoms with Crippen LogP contribution >= 0.6 is 11.8 Å². The highest BCUT2D eigenvalue weighted by Gasteiger charge is 2.12. The van der Waals surface area contributed by atoms with Crippen LogP contribution in [0.2, 0.25) is 0 Å². The third-order valence-corrected chi connectivity index (χ3v) is 2.87. The van der Waals surface area contributed by atoms with Crippen LogP contribution in [0.4, 0.5) is 4.39 Å². The van der Waals surface area contributed by atoms with Crippen molar-refractivity contribution in [2.75, 3.05) is 13.4 Å². The average Bonchev–Trinajstić information content (AvgIpc) is 2.25. The molecule has 0 atom stereocenters. The van der Waals surface area contributed by atoms with Gasteiger partial charge in [0.25, 0.3) is 0 Å². The first kappa shape index (κ1) is 12.8. The first-order chi connectivity index (χ1) is 7.58. The standard InChI is InChI=1S/C11H13FO3S/c1-15-11-7(3-4-10(13)14)5-8(12)6-9(11)16-2/h5-6H,3-4H2,1-2H3,(H,13,14). The molecule has 0 bridgehead atoms. The van der Waals surface area contributed by atoms with Crippen molar-refractivity contribution in [1.29, 1.82) is 0 Å². The second-order valence-corrected chi connectivity index (χ2v) is 4.04. The number of ether oxygens (including phenoxy) is 1. The molecule has 0 heterocycles. The summed E-state index contributed by atoms with van der Waals surface area (Å²) in [4.78, 5) is 11.2. The summed E-state index contributed by atoms with van der Waals surface area (Å²) in [6.45, 7) is 0. The quantitative estimate of drug-likeness (QED) is 0.809. The number of hydrogen-bond acceptors (Lipinski definition) is 3. The van der Waals surface area contributed by atoms with Crippen molar-refractivity contribution in [3.63, 3.8) is 0 Å². The van der Waals surface area contributed by atoms with Gasteiger partial charge >= 0.3 is 5.97 Å². The van der Waals surface area contributed by atoms with Gasteiger partial charge in [0, 0.05) is 6.42 Å². The maximum atomic E-state index is 13.2. The number of carbonyl (C=O) groups is 1. The molecule has 1 aromatic carbocycles. The summed E-state index contributed by atoms with van der Waals surface area (Å²) >= 11 is 1.37. The predicted octanol–water partition coefficient (Wildman–Crippen LogP) is 2.57. The fourth-order valence-electron chi connectivity index (χ4n) is 1.43. The van der Waals surface area contributed by atoms with Gasteiger partial charge in [-0.25, -0.2) is 4.39 Å². The Morgan fingerprint density at radius 3 is 2.75 bits per heavy atom. The van der Waals surface area contributed by atoms with Gasteiger partial charge in [-0.05, 0) is 30.4 Å². The Balaban J connectivity index is 3.04. The van der Waals surface area contributed by atoms with Gasteiger partial charge < -0.3 is 9.84 Å². The number of benzene rings is 1. The fraction of sp³-hybridized carbons (Fsp3) is 0.364. The molecule has 0 aliphatic heterocycles. The largest absolute Gasteiger partial charge is 0.495 e. The Morgan fingerprint density at radius 2 is 2.25 bits per heavy atom. The molecule has 3 nitrogen and oxygen atoms in total. The minimum Gasteiger partial charge on any atom is -0.495 e. The summed E-state index contributed by atoms with van der Waals surface area (Å²) in [5, 5.41) is 8.59. The van der Waals surface area contributed by atoms with E-state index in [1.807, 2.05) is 6.26 Å². The molecule has 0 saturated carbocycles. The van der Waals surface area contributed by atoms with Crippen molar-refractivity contribution in [2.24, 2.45) is 0 Å². The van der Waals surface area contributed by atoms with Crippen LogP contribution in [-0.2, 0) is 11.2 Å². The smallest absolute Gasteiger partial charge is 0.303 e. The lowest BCUT2D eigenvalue weighted by molar-refractivity contribution is -0.136. The van der Waals surface area contributed by atoms with Crippen LogP contribution in [0.3, 0.4) is 0 Å². The van der Waals surface area contributed by atoms with Crippen LogP contribution < -0.4 is 4.74 Å². The van der Waals surface area contributed by atoms with E-state index in [0.29, 0.717) is 16.2 Å². The predicted molar refractivity (Wildman–Crippen MR) is 60.7 cm³/mol. The highest BCUT2D eigenvalue weighted by atomic mass is 32.2. The van der Waals surface area contributed by atoms with E-state index in [0.717, 1.165) is 0 Å².